The van der Waals surface area contributed by atoms with Crippen LogP contribution >= 0.6 is 0 Å². The highest BCUT2D eigenvalue weighted by Crippen LogP contribution is 2.37. The molecule has 0 radical (unpaired) electrons. The molecule has 0 aliphatic carbocycles. The van der Waals surface area contributed by atoms with Crippen molar-refractivity contribution in [3.05, 3.63) is 23.8 Å². The lowest BCUT2D eigenvalue weighted by molar-refractivity contribution is -0.108. The van der Waals surface area contributed by atoms with Crippen molar-refractivity contribution in [3.8, 4) is 11.5 Å². The fourth-order valence-corrected chi connectivity index (χ4v) is 2.67. The largest absolute Gasteiger partial charge is 0.493 e. The summed E-state index contributed by atoms with van der Waals surface area (Å²) in [4.78, 5) is 13.0. The Morgan fingerprint density at radius 2 is 2.30 bits per heavy atom. The van der Waals surface area contributed by atoms with Gasteiger partial charge in [-0.2, -0.15) is 0 Å². The predicted molar refractivity (Wildman–Crippen MR) is 78.6 cm³/mol. The van der Waals surface area contributed by atoms with Gasteiger partial charge in [-0.25, -0.2) is 0 Å². The zero-order valence-corrected chi connectivity index (χ0v) is 12.5. The predicted octanol–water partition coefficient (Wildman–Crippen LogP) is 2.47. The van der Waals surface area contributed by atoms with E-state index in [9.17, 15) is 4.79 Å². The Morgan fingerprint density at radius 1 is 1.50 bits per heavy atom. The van der Waals surface area contributed by atoms with Crippen molar-refractivity contribution in [1.82, 2.24) is 4.90 Å². The summed E-state index contributed by atoms with van der Waals surface area (Å²) < 4.78 is 11.6. The molecular weight excluding hydrogens is 254 g/mol. The molecule has 1 aromatic rings. The maximum Gasteiger partial charge on any atom is 0.164 e. The number of likely N-dealkylation sites (tertiary alicyclic amines) is 1. The second-order valence-corrected chi connectivity index (χ2v) is 5.47. The van der Waals surface area contributed by atoms with Gasteiger partial charge in [0.2, 0.25) is 0 Å². The van der Waals surface area contributed by atoms with Crippen molar-refractivity contribution >= 4 is 6.29 Å². The third-order valence-electron chi connectivity index (χ3n) is 3.84. The van der Waals surface area contributed by atoms with Crippen LogP contribution in [0.3, 0.4) is 0 Å². The maximum absolute atomic E-state index is 10.7. The van der Waals surface area contributed by atoms with Crippen LogP contribution in [0.5, 0.6) is 11.5 Å². The molecule has 0 aromatic heterocycles. The molecular formula is C16H23NO3. The molecule has 2 atom stereocenters. The summed E-state index contributed by atoms with van der Waals surface area (Å²) in [5, 5.41) is 0. The van der Waals surface area contributed by atoms with Gasteiger partial charge in [0.25, 0.3) is 0 Å². The summed E-state index contributed by atoms with van der Waals surface area (Å²) in [5.41, 5.74) is 1.03. The molecule has 0 N–H and O–H groups in total. The quantitative estimate of drug-likeness (QED) is 0.749. The van der Waals surface area contributed by atoms with Gasteiger partial charge >= 0.3 is 0 Å². The monoisotopic (exact) mass is 277 g/mol. The number of benzene rings is 1. The first-order valence-electron chi connectivity index (χ1n) is 7.11. The zero-order chi connectivity index (χ0) is 14.5. The lowest BCUT2D eigenvalue weighted by atomic mass is 9.97. The van der Waals surface area contributed by atoms with Crippen LogP contribution in [0.15, 0.2) is 18.2 Å². The number of methoxy groups -OCH3 is 1. The first-order chi connectivity index (χ1) is 9.65. The number of aldehydes is 1. The molecule has 110 valence electrons. The van der Waals surface area contributed by atoms with Crippen molar-refractivity contribution in [2.24, 2.45) is 0 Å². The van der Waals surface area contributed by atoms with Crippen LogP contribution in [0.4, 0.5) is 0 Å². The van der Waals surface area contributed by atoms with Crippen LogP contribution in [-0.4, -0.2) is 44.5 Å². The van der Waals surface area contributed by atoms with Gasteiger partial charge in [0.1, 0.15) is 12.4 Å². The first-order valence-corrected chi connectivity index (χ1v) is 7.11. The SMILES string of the molecule is COc1c(OC2CCN(C)C2)cccc1C(C)CC=O. The van der Waals surface area contributed by atoms with Gasteiger partial charge in [0.15, 0.2) is 11.5 Å². The van der Waals surface area contributed by atoms with Crippen molar-refractivity contribution in [1.29, 1.82) is 0 Å². The third-order valence-corrected chi connectivity index (χ3v) is 3.84. The van der Waals surface area contributed by atoms with Crippen molar-refractivity contribution in [3.63, 3.8) is 0 Å². The van der Waals surface area contributed by atoms with Crippen LogP contribution in [0.2, 0.25) is 0 Å². The van der Waals surface area contributed by atoms with Gasteiger partial charge in [0, 0.05) is 25.1 Å². The van der Waals surface area contributed by atoms with E-state index >= 15 is 0 Å². The minimum Gasteiger partial charge on any atom is -0.493 e. The highest BCUT2D eigenvalue weighted by Gasteiger charge is 2.23. The van der Waals surface area contributed by atoms with Crippen LogP contribution < -0.4 is 9.47 Å². The molecule has 0 spiro atoms. The average Bonchev–Trinajstić information content (AvgIpc) is 2.84. The maximum atomic E-state index is 10.7. The Labute approximate surface area is 120 Å². The molecule has 4 heteroatoms. The van der Waals surface area contributed by atoms with E-state index in [4.69, 9.17) is 9.47 Å². The molecule has 1 heterocycles. The number of likely N-dealkylation sites (N-methyl/N-ethyl adjacent to an activating group) is 1. The van der Waals surface area contributed by atoms with E-state index in [0.717, 1.165) is 42.9 Å². The summed E-state index contributed by atoms with van der Waals surface area (Å²) in [6, 6.07) is 5.90. The molecule has 4 nitrogen and oxygen atoms in total. The van der Waals surface area contributed by atoms with E-state index in [0.29, 0.717) is 6.42 Å². The van der Waals surface area contributed by atoms with Gasteiger partial charge in [0.05, 0.1) is 7.11 Å². The summed E-state index contributed by atoms with van der Waals surface area (Å²) in [5.74, 6) is 1.68. The number of nitrogens with zero attached hydrogens (tertiary/aromatic N) is 1. The Hall–Kier alpha value is -1.55. The van der Waals surface area contributed by atoms with Crippen LogP contribution in [0, 0.1) is 0 Å². The second kappa shape index (κ2) is 6.75. The Balaban J connectivity index is 2.19. The van der Waals surface area contributed by atoms with Crippen molar-refractivity contribution < 1.29 is 14.3 Å². The average molecular weight is 277 g/mol. The molecule has 1 aliphatic heterocycles. The molecule has 0 saturated carbocycles. The van der Waals surface area contributed by atoms with Crippen LogP contribution in [0.25, 0.3) is 0 Å². The smallest absolute Gasteiger partial charge is 0.164 e. The molecule has 0 bridgehead atoms. The standard InChI is InChI=1S/C16H23NO3/c1-12(8-10-18)14-5-4-6-15(16(14)19-3)20-13-7-9-17(2)11-13/h4-6,10,12-13H,7-9,11H2,1-3H3. The minimum absolute atomic E-state index is 0.136. The Morgan fingerprint density at radius 3 is 2.90 bits per heavy atom. The van der Waals surface area contributed by atoms with Gasteiger partial charge in [-0.1, -0.05) is 19.1 Å². The highest BCUT2D eigenvalue weighted by atomic mass is 16.5. The van der Waals surface area contributed by atoms with E-state index < -0.39 is 0 Å². The fraction of sp³-hybridized carbons (Fsp3) is 0.562. The van der Waals surface area contributed by atoms with Gasteiger partial charge in [-0.3, -0.25) is 0 Å². The second-order valence-electron chi connectivity index (χ2n) is 5.47. The minimum atomic E-state index is 0.136. The Bertz CT molecular complexity index is 461. The third kappa shape index (κ3) is 3.31. The number of carbonyl (C=O) groups is 1. The fourth-order valence-electron chi connectivity index (χ4n) is 2.67. The molecule has 1 saturated heterocycles. The van der Waals surface area contributed by atoms with Crippen molar-refractivity contribution in [2.75, 3.05) is 27.2 Å². The molecule has 2 unspecified atom stereocenters. The number of carbonyl (C=O) groups excluding carboxylic acids is 1. The van der Waals surface area contributed by atoms with Gasteiger partial charge < -0.3 is 19.2 Å². The summed E-state index contributed by atoms with van der Waals surface area (Å²) in [7, 11) is 3.75. The van der Waals surface area contributed by atoms with Gasteiger partial charge in [-0.05, 0) is 25.5 Å². The summed E-state index contributed by atoms with van der Waals surface area (Å²) in [6.45, 7) is 4.03. The number of para-hydroxylation sites is 1. The molecule has 20 heavy (non-hydrogen) atoms. The molecule has 0 amide bonds. The first kappa shape index (κ1) is 14.9. The van der Waals surface area contributed by atoms with E-state index in [1.807, 2.05) is 25.1 Å². The molecule has 1 fully saturated rings. The van der Waals surface area contributed by atoms with E-state index in [1.54, 1.807) is 7.11 Å². The van der Waals surface area contributed by atoms with Crippen LogP contribution in [0.1, 0.15) is 31.2 Å². The number of hydrogen-bond acceptors (Lipinski definition) is 4. The topological polar surface area (TPSA) is 38.8 Å². The van der Waals surface area contributed by atoms with E-state index in [1.165, 1.54) is 0 Å². The molecule has 1 aromatic carbocycles. The molecule has 2 rings (SSSR count). The Kier molecular flexibility index (Phi) is 5.01. The number of rotatable bonds is 6. The highest BCUT2D eigenvalue weighted by molar-refractivity contribution is 5.55. The van der Waals surface area contributed by atoms with Gasteiger partial charge in [-0.15, -0.1) is 0 Å². The lowest BCUT2D eigenvalue weighted by Gasteiger charge is -2.20. The normalized spacial score (nSPS) is 20.6. The molecule has 1 aliphatic rings. The number of ether oxygens (including phenoxy) is 2. The summed E-state index contributed by atoms with van der Waals surface area (Å²) >= 11 is 0. The van der Waals surface area contributed by atoms with Crippen molar-refractivity contribution in [2.45, 2.75) is 31.8 Å². The van der Waals surface area contributed by atoms with Crippen LogP contribution in [-0.2, 0) is 4.79 Å². The number of hydrogen-bond donors (Lipinski definition) is 0. The van der Waals surface area contributed by atoms with E-state index in [2.05, 4.69) is 11.9 Å². The summed E-state index contributed by atoms with van der Waals surface area (Å²) in [6.07, 6.45) is 2.69. The van der Waals surface area contributed by atoms with E-state index in [-0.39, 0.29) is 12.0 Å². The lowest BCUT2D eigenvalue weighted by Crippen LogP contribution is -2.21. The zero-order valence-electron chi connectivity index (χ0n) is 12.5.